The van der Waals surface area contributed by atoms with E-state index in [4.69, 9.17) is 10.5 Å². The maximum absolute atomic E-state index is 6.30. The highest BCUT2D eigenvalue weighted by molar-refractivity contribution is 4.99. The van der Waals surface area contributed by atoms with Crippen LogP contribution >= 0.6 is 0 Å². The summed E-state index contributed by atoms with van der Waals surface area (Å²) in [5.41, 5.74) is 6.51. The van der Waals surface area contributed by atoms with E-state index in [0.717, 1.165) is 32.0 Å². The van der Waals surface area contributed by atoms with Gasteiger partial charge in [0.05, 0.1) is 6.10 Å². The van der Waals surface area contributed by atoms with Crippen molar-refractivity contribution in [2.24, 2.45) is 5.73 Å². The molecule has 0 spiro atoms. The first kappa shape index (κ1) is 15.7. The number of fused-ring (bicyclic) bond motifs is 1. The molecule has 2 N–H and O–H groups in total. The van der Waals surface area contributed by atoms with Crippen LogP contribution in [-0.2, 0) is 4.74 Å². The SMILES string of the molecule is CCCC1CC(CN)(N2CCCN3CCCC3C2)CCO1. The number of hydrogen-bond acceptors (Lipinski definition) is 4. The van der Waals surface area contributed by atoms with Gasteiger partial charge in [-0.2, -0.15) is 0 Å². The standard InChI is InChI=1S/C17H33N3O/c1-2-5-16-12-17(14-18,7-11-21-16)20-10-4-9-19-8-3-6-15(19)13-20/h15-16H,2-14,18H2,1H3. The lowest BCUT2D eigenvalue weighted by Crippen LogP contribution is -2.60. The predicted molar refractivity (Wildman–Crippen MR) is 86.5 cm³/mol. The van der Waals surface area contributed by atoms with Gasteiger partial charge in [0.1, 0.15) is 0 Å². The highest BCUT2D eigenvalue weighted by Gasteiger charge is 2.43. The summed E-state index contributed by atoms with van der Waals surface area (Å²) in [6, 6.07) is 0.781. The van der Waals surface area contributed by atoms with E-state index in [1.807, 2.05) is 0 Å². The van der Waals surface area contributed by atoms with Crippen molar-refractivity contribution in [2.75, 3.05) is 39.3 Å². The van der Waals surface area contributed by atoms with Crippen molar-refractivity contribution in [2.45, 2.75) is 69.6 Å². The Morgan fingerprint density at radius 2 is 2.10 bits per heavy atom. The molecule has 3 fully saturated rings. The average molecular weight is 295 g/mol. The van der Waals surface area contributed by atoms with Crippen LogP contribution in [0.5, 0.6) is 0 Å². The molecule has 3 heterocycles. The molecule has 4 nitrogen and oxygen atoms in total. The molecule has 4 heteroatoms. The average Bonchev–Trinajstić information content (AvgIpc) is 2.84. The van der Waals surface area contributed by atoms with E-state index in [0.29, 0.717) is 6.10 Å². The molecule has 0 aromatic carbocycles. The van der Waals surface area contributed by atoms with Crippen molar-refractivity contribution >= 4 is 0 Å². The maximum atomic E-state index is 6.30. The molecular formula is C17H33N3O. The number of hydrogen-bond donors (Lipinski definition) is 1. The van der Waals surface area contributed by atoms with Crippen LogP contribution < -0.4 is 5.73 Å². The van der Waals surface area contributed by atoms with Crippen LogP contribution in [0.15, 0.2) is 0 Å². The Bertz CT molecular complexity index is 336. The predicted octanol–water partition coefficient (Wildman–Crippen LogP) is 1.83. The van der Waals surface area contributed by atoms with Crippen LogP contribution in [0.1, 0.15) is 51.9 Å². The van der Waals surface area contributed by atoms with E-state index >= 15 is 0 Å². The van der Waals surface area contributed by atoms with Gasteiger partial charge in [-0.25, -0.2) is 0 Å². The first-order valence-electron chi connectivity index (χ1n) is 9.08. The van der Waals surface area contributed by atoms with Crippen LogP contribution in [0.3, 0.4) is 0 Å². The van der Waals surface area contributed by atoms with Crippen molar-refractivity contribution in [3.05, 3.63) is 0 Å². The Morgan fingerprint density at radius 1 is 1.24 bits per heavy atom. The maximum Gasteiger partial charge on any atom is 0.0593 e. The van der Waals surface area contributed by atoms with Crippen LogP contribution in [0, 0.1) is 0 Å². The first-order valence-corrected chi connectivity index (χ1v) is 9.08. The summed E-state index contributed by atoms with van der Waals surface area (Å²) in [5, 5.41) is 0. The van der Waals surface area contributed by atoms with Gasteiger partial charge < -0.3 is 10.5 Å². The topological polar surface area (TPSA) is 41.7 Å². The molecule has 0 aliphatic carbocycles. The van der Waals surface area contributed by atoms with E-state index in [9.17, 15) is 0 Å². The molecule has 0 aromatic rings. The molecule has 0 aromatic heterocycles. The van der Waals surface area contributed by atoms with Gasteiger partial charge in [-0.05, 0) is 51.6 Å². The first-order chi connectivity index (χ1) is 10.3. The summed E-state index contributed by atoms with van der Waals surface area (Å²) in [5.74, 6) is 0. The minimum atomic E-state index is 0.205. The zero-order chi connectivity index (χ0) is 14.7. The molecule has 0 amide bonds. The monoisotopic (exact) mass is 295 g/mol. The molecule has 3 saturated heterocycles. The van der Waals surface area contributed by atoms with Crippen LogP contribution in [0.25, 0.3) is 0 Å². The van der Waals surface area contributed by atoms with Gasteiger partial charge in [0.2, 0.25) is 0 Å². The fourth-order valence-electron chi connectivity index (χ4n) is 4.75. The molecule has 0 saturated carbocycles. The smallest absolute Gasteiger partial charge is 0.0593 e. The Morgan fingerprint density at radius 3 is 2.90 bits per heavy atom. The Balaban J connectivity index is 1.71. The lowest BCUT2D eigenvalue weighted by molar-refractivity contribution is -0.0749. The van der Waals surface area contributed by atoms with Gasteiger partial charge in [-0.3, -0.25) is 9.80 Å². The van der Waals surface area contributed by atoms with Crippen molar-refractivity contribution < 1.29 is 4.74 Å². The van der Waals surface area contributed by atoms with Gasteiger partial charge in [0, 0.05) is 37.8 Å². The summed E-state index contributed by atoms with van der Waals surface area (Å²) >= 11 is 0. The minimum absolute atomic E-state index is 0.205. The second kappa shape index (κ2) is 6.95. The molecular weight excluding hydrogens is 262 g/mol. The van der Waals surface area contributed by atoms with E-state index in [-0.39, 0.29) is 5.54 Å². The molecule has 3 unspecified atom stereocenters. The van der Waals surface area contributed by atoms with Gasteiger partial charge in [0.25, 0.3) is 0 Å². The van der Waals surface area contributed by atoms with Crippen LogP contribution in [-0.4, -0.2) is 66.8 Å². The van der Waals surface area contributed by atoms with Crippen molar-refractivity contribution in [3.8, 4) is 0 Å². The molecule has 3 rings (SSSR count). The third-order valence-electron chi connectivity index (χ3n) is 5.99. The lowest BCUT2D eigenvalue weighted by atomic mass is 9.83. The second-order valence-corrected chi connectivity index (χ2v) is 7.30. The van der Waals surface area contributed by atoms with E-state index < -0.39 is 0 Å². The summed E-state index contributed by atoms with van der Waals surface area (Å²) in [4.78, 5) is 5.47. The zero-order valence-electron chi connectivity index (χ0n) is 13.7. The summed E-state index contributed by atoms with van der Waals surface area (Å²) < 4.78 is 5.99. The van der Waals surface area contributed by atoms with Crippen molar-refractivity contribution in [1.82, 2.24) is 9.80 Å². The quantitative estimate of drug-likeness (QED) is 0.859. The highest BCUT2D eigenvalue weighted by atomic mass is 16.5. The third-order valence-corrected chi connectivity index (χ3v) is 5.99. The number of ether oxygens (including phenoxy) is 1. The van der Waals surface area contributed by atoms with Gasteiger partial charge in [0.15, 0.2) is 0 Å². The summed E-state index contributed by atoms with van der Waals surface area (Å²) in [7, 11) is 0. The molecule has 0 radical (unpaired) electrons. The number of nitrogens with two attached hydrogens (primary N) is 1. The fraction of sp³-hybridized carbons (Fsp3) is 1.00. The fourth-order valence-corrected chi connectivity index (χ4v) is 4.75. The zero-order valence-corrected chi connectivity index (χ0v) is 13.7. The Hall–Kier alpha value is -0.160. The van der Waals surface area contributed by atoms with Gasteiger partial charge in [-0.1, -0.05) is 13.3 Å². The summed E-state index contributed by atoms with van der Waals surface area (Å²) in [6.45, 7) is 9.01. The van der Waals surface area contributed by atoms with E-state index in [1.54, 1.807) is 0 Å². The number of rotatable bonds is 4. The number of nitrogens with zero attached hydrogens (tertiary/aromatic N) is 2. The molecule has 3 aliphatic rings. The molecule has 0 bridgehead atoms. The third kappa shape index (κ3) is 3.29. The lowest BCUT2D eigenvalue weighted by Gasteiger charge is -2.48. The minimum Gasteiger partial charge on any atom is -0.378 e. The molecule has 21 heavy (non-hydrogen) atoms. The van der Waals surface area contributed by atoms with E-state index in [2.05, 4.69) is 16.7 Å². The van der Waals surface area contributed by atoms with E-state index in [1.165, 1.54) is 58.3 Å². The van der Waals surface area contributed by atoms with Crippen molar-refractivity contribution in [1.29, 1.82) is 0 Å². The summed E-state index contributed by atoms with van der Waals surface area (Å²) in [6.07, 6.45) is 9.15. The second-order valence-electron chi connectivity index (χ2n) is 7.30. The van der Waals surface area contributed by atoms with Gasteiger partial charge >= 0.3 is 0 Å². The largest absolute Gasteiger partial charge is 0.378 e. The van der Waals surface area contributed by atoms with Gasteiger partial charge in [-0.15, -0.1) is 0 Å². The van der Waals surface area contributed by atoms with Crippen LogP contribution in [0.2, 0.25) is 0 Å². The molecule has 122 valence electrons. The molecule has 3 aliphatic heterocycles. The normalized spacial score (nSPS) is 39.1. The Kier molecular flexibility index (Phi) is 5.20. The highest BCUT2D eigenvalue weighted by Crippen LogP contribution is 2.34. The van der Waals surface area contributed by atoms with Crippen LogP contribution in [0.4, 0.5) is 0 Å². The molecule has 3 atom stereocenters. The Labute approximate surface area is 130 Å². The van der Waals surface area contributed by atoms with Crippen molar-refractivity contribution in [3.63, 3.8) is 0 Å².